The maximum atomic E-state index is 12.6. The highest BCUT2D eigenvalue weighted by atomic mass is 16.5. The predicted octanol–water partition coefficient (Wildman–Crippen LogP) is 3.98. The van der Waals surface area contributed by atoms with Crippen molar-refractivity contribution >= 4 is 23.6 Å². The molecule has 0 aromatic heterocycles. The molecule has 0 saturated heterocycles. The number of urea groups is 1. The van der Waals surface area contributed by atoms with Gasteiger partial charge < -0.3 is 15.4 Å². The van der Waals surface area contributed by atoms with Crippen molar-refractivity contribution in [1.82, 2.24) is 10.2 Å². The molecule has 0 saturated carbocycles. The van der Waals surface area contributed by atoms with Gasteiger partial charge in [-0.25, -0.2) is 9.59 Å². The fourth-order valence-corrected chi connectivity index (χ4v) is 3.38. The Morgan fingerprint density at radius 1 is 1.28 bits per heavy atom. The SMILES string of the molecule is CCCN1C(=O)NC(c2cccc(NC(=O)CC(C)(C)C)c2)C(C(=O)OC)=C1C. The molecule has 7 heteroatoms. The molecule has 158 valence electrons. The molecule has 2 rings (SSSR count). The Morgan fingerprint density at radius 2 is 1.97 bits per heavy atom. The molecule has 1 aromatic carbocycles. The van der Waals surface area contributed by atoms with Crippen molar-refractivity contribution in [3.05, 3.63) is 41.1 Å². The van der Waals surface area contributed by atoms with Gasteiger partial charge in [0.05, 0.1) is 18.7 Å². The van der Waals surface area contributed by atoms with Crippen LogP contribution in [-0.4, -0.2) is 36.5 Å². The summed E-state index contributed by atoms with van der Waals surface area (Å²) in [5, 5.41) is 5.79. The minimum atomic E-state index is -0.650. The van der Waals surface area contributed by atoms with Crippen LogP contribution in [0.3, 0.4) is 0 Å². The minimum absolute atomic E-state index is 0.0867. The number of hydrogen-bond acceptors (Lipinski definition) is 4. The smallest absolute Gasteiger partial charge is 0.337 e. The largest absolute Gasteiger partial charge is 0.466 e. The number of allylic oxidation sites excluding steroid dienone is 1. The number of ether oxygens (including phenoxy) is 1. The molecule has 3 amide bonds. The average molecular weight is 402 g/mol. The number of rotatable bonds is 6. The van der Waals surface area contributed by atoms with Gasteiger partial charge in [0.2, 0.25) is 5.91 Å². The third kappa shape index (κ3) is 5.59. The molecule has 0 radical (unpaired) electrons. The van der Waals surface area contributed by atoms with Gasteiger partial charge in [0.25, 0.3) is 0 Å². The van der Waals surface area contributed by atoms with Crippen LogP contribution in [0.2, 0.25) is 0 Å². The number of nitrogens with one attached hydrogen (secondary N) is 2. The van der Waals surface area contributed by atoms with Gasteiger partial charge in [-0.15, -0.1) is 0 Å². The lowest BCUT2D eigenvalue weighted by molar-refractivity contribution is -0.136. The molecule has 1 atom stereocenters. The molecule has 0 bridgehead atoms. The monoisotopic (exact) mass is 401 g/mol. The Balaban J connectivity index is 2.38. The lowest BCUT2D eigenvalue weighted by atomic mass is 9.92. The summed E-state index contributed by atoms with van der Waals surface area (Å²) in [5.74, 6) is -0.577. The highest BCUT2D eigenvalue weighted by molar-refractivity contribution is 5.95. The zero-order chi connectivity index (χ0) is 21.8. The van der Waals surface area contributed by atoms with Gasteiger partial charge in [-0.05, 0) is 36.5 Å². The third-order valence-electron chi connectivity index (χ3n) is 4.64. The lowest BCUT2D eigenvalue weighted by Crippen LogP contribution is -2.48. The number of carbonyl (C=O) groups is 3. The number of nitrogens with zero attached hydrogens (tertiary/aromatic N) is 1. The van der Waals surface area contributed by atoms with Crippen molar-refractivity contribution in [2.45, 2.75) is 53.5 Å². The van der Waals surface area contributed by atoms with Gasteiger partial charge in [0.1, 0.15) is 0 Å². The van der Waals surface area contributed by atoms with E-state index in [1.165, 1.54) is 7.11 Å². The van der Waals surface area contributed by atoms with Crippen LogP contribution in [0.5, 0.6) is 0 Å². The van der Waals surface area contributed by atoms with Crippen molar-refractivity contribution in [2.24, 2.45) is 5.41 Å². The zero-order valence-electron chi connectivity index (χ0n) is 18.1. The summed E-state index contributed by atoms with van der Waals surface area (Å²) >= 11 is 0. The van der Waals surface area contributed by atoms with Gasteiger partial charge in [-0.1, -0.05) is 39.8 Å². The fourth-order valence-electron chi connectivity index (χ4n) is 3.38. The Labute approximate surface area is 172 Å². The molecular weight excluding hydrogens is 370 g/mol. The summed E-state index contributed by atoms with van der Waals surface area (Å²) in [5.41, 5.74) is 2.15. The second kappa shape index (κ2) is 9.11. The molecule has 7 nitrogen and oxygen atoms in total. The Bertz CT molecular complexity index is 824. The second-order valence-corrected chi connectivity index (χ2v) is 8.44. The van der Waals surface area contributed by atoms with Gasteiger partial charge in [-0.2, -0.15) is 0 Å². The number of carbonyl (C=O) groups excluding carboxylic acids is 3. The first-order valence-electron chi connectivity index (χ1n) is 9.84. The number of hydrogen-bond donors (Lipinski definition) is 2. The molecule has 2 N–H and O–H groups in total. The Kier molecular flexibility index (Phi) is 7.06. The minimum Gasteiger partial charge on any atom is -0.466 e. The van der Waals surface area contributed by atoms with E-state index in [1.54, 1.807) is 30.0 Å². The van der Waals surface area contributed by atoms with E-state index in [0.717, 1.165) is 6.42 Å². The van der Waals surface area contributed by atoms with Crippen molar-refractivity contribution in [2.75, 3.05) is 19.0 Å². The van der Waals surface area contributed by atoms with Crippen LogP contribution in [-0.2, 0) is 14.3 Å². The Hall–Kier alpha value is -2.83. The molecule has 29 heavy (non-hydrogen) atoms. The topological polar surface area (TPSA) is 87.7 Å². The first-order valence-corrected chi connectivity index (χ1v) is 9.84. The fraction of sp³-hybridized carbons (Fsp3) is 0.500. The van der Waals surface area contributed by atoms with Crippen molar-refractivity contribution in [3.63, 3.8) is 0 Å². The van der Waals surface area contributed by atoms with E-state index < -0.39 is 12.0 Å². The summed E-state index contributed by atoms with van der Waals surface area (Å²) in [6.45, 7) is 10.2. The summed E-state index contributed by atoms with van der Waals surface area (Å²) in [6, 6.07) is 6.25. The van der Waals surface area contributed by atoms with E-state index >= 15 is 0 Å². The highest BCUT2D eigenvalue weighted by Gasteiger charge is 2.36. The maximum Gasteiger partial charge on any atom is 0.337 e. The molecule has 0 spiro atoms. The summed E-state index contributed by atoms with van der Waals surface area (Å²) in [7, 11) is 1.32. The van der Waals surface area contributed by atoms with Crippen LogP contribution in [0, 0.1) is 5.41 Å². The van der Waals surface area contributed by atoms with Crippen LogP contribution in [0.25, 0.3) is 0 Å². The van der Waals surface area contributed by atoms with Crippen molar-refractivity contribution < 1.29 is 19.1 Å². The van der Waals surface area contributed by atoms with E-state index in [-0.39, 0.29) is 17.4 Å². The van der Waals surface area contributed by atoms with Gasteiger partial charge in [-0.3, -0.25) is 9.69 Å². The first-order chi connectivity index (χ1) is 13.6. The number of esters is 1. The highest BCUT2D eigenvalue weighted by Crippen LogP contribution is 2.32. The zero-order valence-corrected chi connectivity index (χ0v) is 18.1. The summed E-state index contributed by atoms with van der Waals surface area (Å²) in [4.78, 5) is 39.0. The number of amides is 3. The molecule has 1 heterocycles. The van der Waals surface area contributed by atoms with Crippen LogP contribution >= 0.6 is 0 Å². The standard InChI is InChI=1S/C22H31N3O4/c1-7-11-25-14(2)18(20(27)29-6)19(24-21(25)28)15-9-8-10-16(12-15)23-17(26)13-22(3,4)5/h8-10,12,19H,7,11,13H2,1-6H3,(H,23,26)(H,24,28). The van der Waals surface area contributed by atoms with Gasteiger partial charge >= 0.3 is 12.0 Å². The van der Waals surface area contributed by atoms with Crippen LogP contribution in [0.4, 0.5) is 10.5 Å². The molecule has 0 fully saturated rings. The van der Waals surface area contributed by atoms with Crippen LogP contribution in [0.1, 0.15) is 59.1 Å². The van der Waals surface area contributed by atoms with E-state index in [1.807, 2.05) is 33.8 Å². The maximum absolute atomic E-state index is 12.6. The molecule has 1 aliphatic heterocycles. The van der Waals surface area contributed by atoms with Crippen LogP contribution < -0.4 is 10.6 Å². The lowest BCUT2D eigenvalue weighted by Gasteiger charge is -2.35. The molecule has 1 unspecified atom stereocenters. The molecule has 1 aliphatic rings. The number of methoxy groups -OCH3 is 1. The number of anilines is 1. The van der Waals surface area contributed by atoms with Crippen molar-refractivity contribution in [3.8, 4) is 0 Å². The molecule has 1 aromatic rings. The molecular formula is C22H31N3O4. The second-order valence-electron chi connectivity index (χ2n) is 8.44. The third-order valence-corrected chi connectivity index (χ3v) is 4.64. The van der Waals surface area contributed by atoms with Gasteiger partial charge in [0, 0.05) is 24.4 Å². The summed E-state index contributed by atoms with van der Waals surface area (Å²) < 4.78 is 4.98. The van der Waals surface area contributed by atoms with Gasteiger partial charge in [0.15, 0.2) is 0 Å². The van der Waals surface area contributed by atoms with E-state index in [0.29, 0.717) is 35.5 Å². The Morgan fingerprint density at radius 3 is 2.55 bits per heavy atom. The van der Waals surface area contributed by atoms with Crippen molar-refractivity contribution in [1.29, 1.82) is 0 Å². The van der Waals surface area contributed by atoms with E-state index in [9.17, 15) is 14.4 Å². The average Bonchev–Trinajstić information content (AvgIpc) is 2.62. The van der Waals surface area contributed by atoms with E-state index in [2.05, 4.69) is 10.6 Å². The first kappa shape index (κ1) is 22.5. The predicted molar refractivity (Wildman–Crippen MR) is 112 cm³/mol. The van der Waals surface area contributed by atoms with Crippen LogP contribution in [0.15, 0.2) is 35.5 Å². The van der Waals surface area contributed by atoms with E-state index in [4.69, 9.17) is 4.74 Å². The number of benzene rings is 1. The quantitative estimate of drug-likeness (QED) is 0.706. The molecule has 0 aliphatic carbocycles. The normalized spacial score (nSPS) is 17.1. The summed E-state index contributed by atoms with van der Waals surface area (Å²) in [6.07, 6.45) is 1.15.